The molecule has 0 saturated carbocycles. The molecule has 0 aromatic heterocycles. The highest BCUT2D eigenvalue weighted by Gasteiger charge is 1.91. The van der Waals surface area contributed by atoms with E-state index in [1.807, 2.05) is 13.0 Å². The molecule has 0 aromatic carbocycles. The Morgan fingerprint density at radius 1 is 1.71 bits per heavy atom. The van der Waals surface area contributed by atoms with Gasteiger partial charge in [0.05, 0.1) is 0 Å². The van der Waals surface area contributed by atoms with Crippen LogP contribution in [-0.2, 0) is 0 Å². The van der Waals surface area contributed by atoms with Crippen molar-refractivity contribution in [1.29, 1.82) is 0 Å². The van der Waals surface area contributed by atoms with E-state index in [-0.39, 0.29) is 0 Å². The molecule has 0 N–H and O–H groups in total. The van der Waals surface area contributed by atoms with E-state index in [0.29, 0.717) is 0 Å². The lowest BCUT2D eigenvalue weighted by molar-refractivity contribution is 1.35. The summed E-state index contributed by atoms with van der Waals surface area (Å²) in [6.07, 6.45) is 3.70. The number of hydrogen-bond donors (Lipinski definition) is 0. The van der Waals surface area contributed by atoms with Crippen LogP contribution in [0.5, 0.6) is 0 Å². The third-order valence-electron chi connectivity index (χ3n) is 0.828. The second-order valence-electron chi connectivity index (χ2n) is 1.62. The first kappa shape index (κ1) is 4.31. The molecule has 1 aliphatic heterocycles. The first-order chi connectivity index (χ1) is 3.29. The average Bonchev–Trinajstić information content (AvgIpc) is 1.87. The van der Waals surface area contributed by atoms with Crippen LogP contribution in [0.15, 0.2) is 28.9 Å². The molecule has 0 amide bonds. The maximum atomic E-state index is 3.95. The third kappa shape index (κ3) is 0.769. The van der Waals surface area contributed by atoms with E-state index >= 15 is 0 Å². The highest BCUT2D eigenvalue weighted by atomic mass is 14.7. The molecule has 1 rings (SSSR count). The van der Waals surface area contributed by atoms with Crippen molar-refractivity contribution >= 4 is 6.21 Å². The van der Waals surface area contributed by atoms with E-state index in [0.717, 1.165) is 11.3 Å². The summed E-state index contributed by atoms with van der Waals surface area (Å²) >= 11 is 0. The molecule has 0 fully saturated rings. The van der Waals surface area contributed by atoms with Crippen molar-refractivity contribution < 1.29 is 0 Å². The first-order valence-electron chi connectivity index (χ1n) is 2.20. The first-order valence-corrected chi connectivity index (χ1v) is 2.20. The number of nitrogens with zero attached hydrogens (tertiary/aromatic N) is 1. The Morgan fingerprint density at radius 2 is 2.43 bits per heavy atom. The molecular weight excluding hydrogens is 86.1 g/mol. The van der Waals surface area contributed by atoms with Gasteiger partial charge < -0.3 is 0 Å². The fourth-order valence-corrected chi connectivity index (χ4v) is 0.528. The van der Waals surface area contributed by atoms with Crippen molar-refractivity contribution in [3.05, 3.63) is 23.9 Å². The van der Waals surface area contributed by atoms with Crippen LogP contribution in [0.3, 0.4) is 0 Å². The molecule has 0 bridgehead atoms. The van der Waals surface area contributed by atoms with Crippen LogP contribution in [0.2, 0.25) is 0 Å². The fraction of sp³-hybridized carbons (Fsp3) is 0.167. The van der Waals surface area contributed by atoms with Crippen LogP contribution in [-0.4, -0.2) is 6.21 Å². The molecule has 0 unspecified atom stereocenters. The molecule has 7 heavy (non-hydrogen) atoms. The molecule has 0 spiro atoms. The predicted octanol–water partition coefficient (Wildman–Crippen LogP) is 1.53. The van der Waals surface area contributed by atoms with Crippen LogP contribution in [0.25, 0.3) is 0 Å². The highest BCUT2D eigenvalue weighted by molar-refractivity contribution is 5.85. The van der Waals surface area contributed by atoms with Crippen LogP contribution in [0, 0.1) is 0 Å². The van der Waals surface area contributed by atoms with Gasteiger partial charge in [-0.2, -0.15) is 0 Å². The average molecular weight is 93.1 g/mol. The van der Waals surface area contributed by atoms with Crippen LogP contribution in [0.4, 0.5) is 0 Å². The SMILES string of the molecule is C=C1C=NC(C)=C1. The summed E-state index contributed by atoms with van der Waals surface area (Å²) < 4.78 is 0. The number of allylic oxidation sites excluding steroid dienone is 3. The lowest BCUT2D eigenvalue weighted by Crippen LogP contribution is -1.62. The van der Waals surface area contributed by atoms with Crippen molar-refractivity contribution in [3.8, 4) is 0 Å². The fourth-order valence-electron chi connectivity index (χ4n) is 0.528. The minimum atomic E-state index is 0.998. The highest BCUT2D eigenvalue weighted by Crippen LogP contribution is 2.05. The maximum Gasteiger partial charge on any atom is 0.0379 e. The third-order valence-corrected chi connectivity index (χ3v) is 0.828. The lowest BCUT2D eigenvalue weighted by atomic mass is 10.3. The molecule has 1 heteroatoms. The van der Waals surface area contributed by atoms with E-state index < -0.39 is 0 Å². The molecule has 36 valence electrons. The molecule has 0 aliphatic carbocycles. The van der Waals surface area contributed by atoms with Gasteiger partial charge >= 0.3 is 0 Å². The molecule has 1 nitrogen and oxygen atoms in total. The summed E-state index contributed by atoms with van der Waals surface area (Å²) in [6, 6.07) is 0. The van der Waals surface area contributed by atoms with Crippen molar-refractivity contribution in [1.82, 2.24) is 0 Å². The standard InChI is InChI=1S/C6H7N/c1-5-3-6(2)7-4-5/h3-4H,1H2,2H3. The van der Waals surface area contributed by atoms with Crippen molar-refractivity contribution in [2.75, 3.05) is 0 Å². The zero-order valence-electron chi connectivity index (χ0n) is 4.31. The van der Waals surface area contributed by atoms with E-state index in [1.165, 1.54) is 0 Å². The Morgan fingerprint density at radius 3 is 2.57 bits per heavy atom. The second kappa shape index (κ2) is 1.34. The van der Waals surface area contributed by atoms with Crippen molar-refractivity contribution in [2.45, 2.75) is 6.92 Å². The van der Waals surface area contributed by atoms with E-state index in [2.05, 4.69) is 11.6 Å². The topological polar surface area (TPSA) is 12.4 Å². The zero-order chi connectivity index (χ0) is 5.28. The number of rotatable bonds is 0. The van der Waals surface area contributed by atoms with Crippen LogP contribution < -0.4 is 0 Å². The Kier molecular flexibility index (Phi) is 0.823. The summed E-state index contributed by atoms with van der Waals surface area (Å²) in [5.74, 6) is 0. The van der Waals surface area contributed by atoms with Gasteiger partial charge in [0.2, 0.25) is 0 Å². The minimum absolute atomic E-state index is 0.998. The van der Waals surface area contributed by atoms with Crippen LogP contribution in [0.1, 0.15) is 6.92 Å². The summed E-state index contributed by atoms with van der Waals surface area (Å²) in [6.45, 7) is 5.63. The van der Waals surface area contributed by atoms with Crippen molar-refractivity contribution in [3.63, 3.8) is 0 Å². The molecule has 0 aromatic rings. The molecule has 0 atom stereocenters. The normalized spacial score (nSPS) is 17.9. The van der Waals surface area contributed by atoms with Gasteiger partial charge in [-0.25, -0.2) is 0 Å². The second-order valence-corrected chi connectivity index (χ2v) is 1.62. The molecule has 1 heterocycles. The largest absolute Gasteiger partial charge is 0.261 e. The number of hydrogen-bond acceptors (Lipinski definition) is 1. The molecule has 0 radical (unpaired) electrons. The van der Waals surface area contributed by atoms with Gasteiger partial charge in [-0.05, 0) is 18.6 Å². The van der Waals surface area contributed by atoms with Crippen LogP contribution >= 0.6 is 0 Å². The Labute approximate surface area is 43.1 Å². The number of aliphatic imine (C=N–C) groups is 1. The predicted molar refractivity (Wildman–Crippen MR) is 31.4 cm³/mol. The summed E-state index contributed by atoms with van der Waals surface area (Å²) in [5, 5.41) is 0. The minimum Gasteiger partial charge on any atom is -0.261 e. The Bertz CT molecular complexity index is 152. The Balaban J connectivity index is 2.88. The van der Waals surface area contributed by atoms with E-state index in [1.54, 1.807) is 6.21 Å². The quantitative estimate of drug-likeness (QED) is 0.430. The van der Waals surface area contributed by atoms with Gasteiger partial charge in [-0.15, -0.1) is 0 Å². The van der Waals surface area contributed by atoms with Gasteiger partial charge in [0.25, 0.3) is 0 Å². The van der Waals surface area contributed by atoms with E-state index in [9.17, 15) is 0 Å². The smallest absolute Gasteiger partial charge is 0.0379 e. The summed E-state index contributed by atoms with van der Waals surface area (Å²) in [7, 11) is 0. The lowest BCUT2D eigenvalue weighted by Gasteiger charge is -1.73. The van der Waals surface area contributed by atoms with Gasteiger partial charge in [-0.3, -0.25) is 4.99 Å². The molecule has 0 saturated heterocycles. The van der Waals surface area contributed by atoms with Gasteiger partial charge in [0.1, 0.15) is 0 Å². The molecular formula is C6H7N. The molecule has 1 aliphatic rings. The van der Waals surface area contributed by atoms with Crippen molar-refractivity contribution in [2.24, 2.45) is 4.99 Å². The van der Waals surface area contributed by atoms with Gasteiger partial charge in [0.15, 0.2) is 0 Å². The van der Waals surface area contributed by atoms with Gasteiger partial charge in [-0.1, -0.05) is 6.58 Å². The summed E-state index contributed by atoms with van der Waals surface area (Å²) in [4.78, 5) is 3.95. The Hall–Kier alpha value is -0.850. The van der Waals surface area contributed by atoms with Gasteiger partial charge in [0, 0.05) is 11.9 Å². The monoisotopic (exact) mass is 93.1 g/mol. The van der Waals surface area contributed by atoms with E-state index in [4.69, 9.17) is 0 Å². The maximum absolute atomic E-state index is 3.95. The zero-order valence-corrected chi connectivity index (χ0v) is 4.31. The summed E-state index contributed by atoms with van der Waals surface area (Å²) in [5.41, 5.74) is 2.04.